The van der Waals surface area contributed by atoms with E-state index in [1.165, 1.54) is 22.1 Å². The van der Waals surface area contributed by atoms with Crippen LogP contribution < -0.4 is 4.74 Å². The lowest BCUT2D eigenvalue weighted by Gasteiger charge is -2.16. The monoisotopic (exact) mass is 339 g/mol. The van der Waals surface area contributed by atoms with Crippen LogP contribution in [0.4, 0.5) is 0 Å². The topological polar surface area (TPSA) is 25.0 Å². The summed E-state index contributed by atoms with van der Waals surface area (Å²) < 4.78 is 5.30. The summed E-state index contributed by atoms with van der Waals surface area (Å²) in [6.07, 6.45) is 2.02. The van der Waals surface area contributed by atoms with E-state index in [0.29, 0.717) is 0 Å². The summed E-state index contributed by atoms with van der Waals surface area (Å²) in [6, 6.07) is 27.1. The molecular formula is C24H21NO. The number of aromatic amines is 1. The minimum atomic E-state index is 0.0901. The first-order valence-corrected chi connectivity index (χ1v) is 8.74. The predicted octanol–water partition coefficient (Wildman–Crippen LogP) is 6.16. The quantitative estimate of drug-likeness (QED) is 0.433. The van der Waals surface area contributed by atoms with E-state index in [9.17, 15) is 0 Å². The molecule has 0 fully saturated rings. The van der Waals surface area contributed by atoms with Crippen molar-refractivity contribution in [1.29, 1.82) is 0 Å². The number of benzene rings is 3. The average Bonchev–Trinajstić information content (AvgIpc) is 3.09. The second kappa shape index (κ2) is 6.93. The molecule has 26 heavy (non-hydrogen) atoms. The summed E-state index contributed by atoms with van der Waals surface area (Å²) in [5.74, 6) is 0.950. The van der Waals surface area contributed by atoms with E-state index in [1.807, 2.05) is 24.3 Å². The van der Waals surface area contributed by atoms with Crippen molar-refractivity contribution in [3.8, 4) is 17.0 Å². The number of para-hydroxylation sites is 1. The van der Waals surface area contributed by atoms with Crippen LogP contribution in [0.1, 0.15) is 17.0 Å². The molecule has 0 saturated heterocycles. The Hall–Kier alpha value is -3.26. The molecule has 1 heterocycles. The van der Waals surface area contributed by atoms with Gasteiger partial charge >= 0.3 is 0 Å². The molecule has 4 aromatic rings. The van der Waals surface area contributed by atoms with Crippen LogP contribution >= 0.6 is 0 Å². The van der Waals surface area contributed by atoms with Gasteiger partial charge in [-0.25, -0.2) is 0 Å². The van der Waals surface area contributed by atoms with Gasteiger partial charge in [0.15, 0.2) is 0 Å². The van der Waals surface area contributed by atoms with Crippen molar-refractivity contribution in [3.05, 3.63) is 103 Å². The lowest BCUT2D eigenvalue weighted by molar-refractivity contribution is 0.414. The lowest BCUT2D eigenvalue weighted by atomic mass is 9.87. The fourth-order valence-electron chi connectivity index (χ4n) is 3.55. The van der Waals surface area contributed by atoms with E-state index in [2.05, 4.69) is 72.2 Å². The molecule has 0 bridgehead atoms. The number of aromatic nitrogens is 1. The molecule has 0 radical (unpaired) electrons. The largest absolute Gasteiger partial charge is 0.497 e. The van der Waals surface area contributed by atoms with Crippen molar-refractivity contribution in [2.24, 2.45) is 0 Å². The zero-order chi connectivity index (χ0) is 17.9. The van der Waals surface area contributed by atoms with Crippen LogP contribution in [0.5, 0.6) is 5.75 Å². The minimum absolute atomic E-state index is 0.0901. The third-order valence-corrected chi connectivity index (χ3v) is 4.83. The number of nitrogens with one attached hydrogen (secondary N) is 1. The molecule has 0 amide bonds. The second-order valence-electron chi connectivity index (χ2n) is 6.31. The van der Waals surface area contributed by atoms with Crippen LogP contribution in [0.2, 0.25) is 0 Å². The van der Waals surface area contributed by atoms with Crippen molar-refractivity contribution in [2.75, 3.05) is 7.11 Å². The number of hydrogen-bond acceptors (Lipinski definition) is 1. The van der Waals surface area contributed by atoms with Crippen molar-refractivity contribution >= 4 is 10.9 Å². The van der Waals surface area contributed by atoms with Crippen LogP contribution in [-0.4, -0.2) is 12.1 Å². The molecule has 0 aliphatic carbocycles. The van der Waals surface area contributed by atoms with Gasteiger partial charge in [-0.3, -0.25) is 0 Å². The minimum Gasteiger partial charge on any atom is -0.497 e. The highest BCUT2D eigenvalue weighted by Gasteiger charge is 2.21. The molecule has 0 spiro atoms. The van der Waals surface area contributed by atoms with E-state index in [4.69, 9.17) is 4.74 Å². The number of hydrogen-bond donors (Lipinski definition) is 1. The Morgan fingerprint density at radius 2 is 1.58 bits per heavy atom. The number of allylic oxidation sites excluding steroid dienone is 1. The predicted molar refractivity (Wildman–Crippen MR) is 109 cm³/mol. The number of ether oxygens (including phenoxy) is 1. The Kier molecular flexibility index (Phi) is 4.32. The number of methoxy groups -OCH3 is 1. The van der Waals surface area contributed by atoms with Crippen LogP contribution in [0.3, 0.4) is 0 Å². The number of rotatable bonds is 5. The van der Waals surface area contributed by atoms with Crippen LogP contribution in [-0.2, 0) is 0 Å². The van der Waals surface area contributed by atoms with E-state index in [1.54, 1.807) is 7.11 Å². The van der Waals surface area contributed by atoms with Gasteiger partial charge in [0.2, 0.25) is 0 Å². The molecule has 1 N–H and O–H groups in total. The molecule has 2 nitrogen and oxygen atoms in total. The van der Waals surface area contributed by atoms with Gasteiger partial charge in [0.05, 0.1) is 12.8 Å². The van der Waals surface area contributed by atoms with Gasteiger partial charge in [0, 0.05) is 16.8 Å². The third kappa shape index (κ3) is 2.80. The molecule has 1 unspecified atom stereocenters. The Morgan fingerprint density at radius 3 is 2.27 bits per heavy atom. The summed E-state index contributed by atoms with van der Waals surface area (Å²) >= 11 is 0. The molecule has 128 valence electrons. The fraction of sp³-hybridized carbons (Fsp3) is 0.0833. The molecule has 4 rings (SSSR count). The van der Waals surface area contributed by atoms with Gasteiger partial charge in [0.25, 0.3) is 0 Å². The van der Waals surface area contributed by atoms with Crippen molar-refractivity contribution in [3.63, 3.8) is 0 Å². The van der Waals surface area contributed by atoms with Crippen LogP contribution in [0.15, 0.2) is 91.5 Å². The summed E-state index contributed by atoms with van der Waals surface area (Å²) in [4.78, 5) is 3.62. The van der Waals surface area contributed by atoms with Gasteiger partial charge in [-0.2, -0.15) is 0 Å². The maximum absolute atomic E-state index is 5.30. The second-order valence-corrected chi connectivity index (χ2v) is 6.31. The SMILES string of the molecule is C=CC(c1ccc(OC)cc1)c1c(-c2ccccc2)[nH]c2ccccc12. The zero-order valence-electron chi connectivity index (χ0n) is 14.8. The normalized spacial score (nSPS) is 12.0. The van der Waals surface area contributed by atoms with Crippen molar-refractivity contribution < 1.29 is 4.74 Å². The summed E-state index contributed by atoms with van der Waals surface area (Å²) in [6.45, 7) is 4.13. The zero-order valence-corrected chi connectivity index (χ0v) is 14.8. The van der Waals surface area contributed by atoms with Crippen molar-refractivity contribution in [2.45, 2.75) is 5.92 Å². The van der Waals surface area contributed by atoms with Gasteiger partial charge in [-0.15, -0.1) is 6.58 Å². The molecule has 0 saturated carbocycles. The first-order chi connectivity index (χ1) is 12.8. The van der Waals surface area contributed by atoms with E-state index in [-0.39, 0.29) is 5.92 Å². The highest BCUT2D eigenvalue weighted by Crippen LogP contribution is 2.39. The smallest absolute Gasteiger partial charge is 0.118 e. The lowest BCUT2D eigenvalue weighted by Crippen LogP contribution is -1.99. The first kappa shape index (κ1) is 16.2. The standard InChI is InChI=1S/C24H21NO/c1-3-20(17-13-15-19(26-2)16-14-17)23-21-11-7-8-12-22(21)25-24(23)18-9-5-4-6-10-18/h3-16,20,25H,1H2,2H3. The maximum atomic E-state index is 5.30. The molecule has 1 aromatic heterocycles. The first-order valence-electron chi connectivity index (χ1n) is 8.74. The van der Waals surface area contributed by atoms with Gasteiger partial charge < -0.3 is 9.72 Å². The molecular weight excluding hydrogens is 318 g/mol. The molecule has 0 aliphatic heterocycles. The average molecular weight is 339 g/mol. The molecule has 3 aromatic carbocycles. The number of H-pyrrole nitrogens is 1. The Morgan fingerprint density at radius 1 is 0.885 bits per heavy atom. The molecule has 2 heteroatoms. The fourth-order valence-corrected chi connectivity index (χ4v) is 3.55. The highest BCUT2D eigenvalue weighted by atomic mass is 16.5. The Labute approximate surface area is 153 Å². The van der Waals surface area contributed by atoms with Crippen LogP contribution in [0.25, 0.3) is 22.2 Å². The third-order valence-electron chi connectivity index (χ3n) is 4.83. The van der Waals surface area contributed by atoms with E-state index in [0.717, 1.165) is 17.0 Å². The summed E-state index contributed by atoms with van der Waals surface area (Å²) in [5, 5.41) is 1.23. The van der Waals surface area contributed by atoms with Gasteiger partial charge in [-0.1, -0.05) is 66.7 Å². The highest BCUT2D eigenvalue weighted by molar-refractivity contribution is 5.92. The van der Waals surface area contributed by atoms with Crippen molar-refractivity contribution in [1.82, 2.24) is 4.98 Å². The molecule has 1 atom stereocenters. The maximum Gasteiger partial charge on any atom is 0.118 e. The van der Waals surface area contributed by atoms with E-state index < -0.39 is 0 Å². The number of fused-ring (bicyclic) bond motifs is 1. The summed E-state index contributed by atoms with van der Waals surface area (Å²) in [7, 11) is 1.69. The Bertz CT molecular complexity index is 1030. The van der Waals surface area contributed by atoms with Crippen LogP contribution in [0, 0.1) is 0 Å². The Balaban J connectivity index is 1.94. The van der Waals surface area contributed by atoms with E-state index >= 15 is 0 Å². The molecule has 0 aliphatic rings. The summed E-state index contributed by atoms with van der Waals surface area (Å²) in [5.41, 5.74) is 5.92. The van der Waals surface area contributed by atoms with Gasteiger partial charge in [-0.05, 0) is 34.9 Å². The van der Waals surface area contributed by atoms with Gasteiger partial charge in [0.1, 0.15) is 5.75 Å².